The standard InChI is InChI=1S/C14H13NO2/c16-14(13-4-2-8-17-13)11-5-6-12-10(9-11)3-1-7-15-12/h1,3,5-7,9,13H,2,4,8H2. The van der Waals surface area contributed by atoms with E-state index in [4.69, 9.17) is 4.74 Å². The second kappa shape index (κ2) is 4.26. The van der Waals surface area contributed by atoms with E-state index in [2.05, 4.69) is 4.98 Å². The smallest absolute Gasteiger partial charge is 0.191 e. The number of Topliss-reactive ketones (excluding diaryl/α,β-unsaturated/α-hetero) is 1. The highest BCUT2D eigenvalue weighted by Crippen LogP contribution is 2.20. The lowest BCUT2D eigenvalue weighted by Gasteiger charge is -2.08. The van der Waals surface area contributed by atoms with Crippen LogP contribution < -0.4 is 0 Å². The summed E-state index contributed by atoms with van der Waals surface area (Å²) in [5.41, 5.74) is 1.63. The van der Waals surface area contributed by atoms with Crippen LogP contribution in [-0.4, -0.2) is 23.5 Å². The Morgan fingerprint density at radius 1 is 1.35 bits per heavy atom. The summed E-state index contributed by atoms with van der Waals surface area (Å²) in [7, 11) is 0. The van der Waals surface area contributed by atoms with E-state index in [0.29, 0.717) is 6.61 Å². The molecule has 0 amide bonds. The van der Waals surface area contributed by atoms with Crippen LogP contribution in [0.5, 0.6) is 0 Å². The fourth-order valence-electron chi connectivity index (χ4n) is 2.20. The van der Waals surface area contributed by atoms with Crippen molar-refractivity contribution in [2.45, 2.75) is 18.9 Å². The van der Waals surface area contributed by atoms with Gasteiger partial charge in [-0.25, -0.2) is 0 Å². The Morgan fingerprint density at radius 2 is 2.29 bits per heavy atom. The molecular weight excluding hydrogens is 214 g/mol. The van der Waals surface area contributed by atoms with E-state index in [1.54, 1.807) is 6.20 Å². The van der Waals surface area contributed by atoms with E-state index in [1.165, 1.54) is 0 Å². The third kappa shape index (κ3) is 1.94. The number of nitrogens with zero attached hydrogens (tertiary/aromatic N) is 1. The van der Waals surface area contributed by atoms with Crippen LogP contribution in [0.3, 0.4) is 0 Å². The molecule has 1 atom stereocenters. The summed E-state index contributed by atoms with van der Waals surface area (Å²) >= 11 is 0. The van der Waals surface area contributed by atoms with Crippen molar-refractivity contribution in [2.75, 3.05) is 6.61 Å². The SMILES string of the molecule is O=C(c1ccc2ncccc2c1)C1CCCO1. The van der Waals surface area contributed by atoms with Gasteiger partial charge in [0.1, 0.15) is 6.10 Å². The molecule has 0 spiro atoms. The van der Waals surface area contributed by atoms with Gasteiger partial charge in [-0.2, -0.15) is 0 Å². The Hall–Kier alpha value is -1.74. The summed E-state index contributed by atoms with van der Waals surface area (Å²) in [6, 6.07) is 9.46. The average molecular weight is 227 g/mol. The Labute approximate surface area is 99.4 Å². The molecule has 1 aliphatic rings. The van der Waals surface area contributed by atoms with Gasteiger partial charge in [0.15, 0.2) is 5.78 Å². The zero-order valence-electron chi connectivity index (χ0n) is 9.43. The van der Waals surface area contributed by atoms with Crippen LogP contribution >= 0.6 is 0 Å². The first-order valence-corrected chi connectivity index (χ1v) is 5.85. The molecule has 3 nitrogen and oxygen atoms in total. The van der Waals surface area contributed by atoms with Gasteiger partial charge in [0.25, 0.3) is 0 Å². The zero-order valence-corrected chi connectivity index (χ0v) is 9.43. The van der Waals surface area contributed by atoms with Crippen molar-refractivity contribution >= 4 is 16.7 Å². The van der Waals surface area contributed by atoms with Crippen molar-refractivity contribution in [3.63, 3.8) is 0 Å². The highest BCUT2D eigenvalue weighted by atomic mass is 16.5. The molecule has 0 saturated carbocycles. The van der Waals surface area contributed by atoms with Crippen molar-refractivity contribution in [1.29, 1.82) is 0 Å². The molecule has 2 heterocycles. The minimum absolute atomic E-state index is 0.0910. The van der Waals surface area contributed by atoms with Crippen LogP contribution in [0.15, 0.2) is 36.5 Å². The van der Waals surface area contributed by atoms with Gasteiger partial charge in [-0.15, -0.1) is 0 Å². The molecule has 1 aromatic carbocycles. The molecule has 2 aromatic rings. The molecule has 17 heavy (non-hydrogen) atoms. The van der Waals surface area contributed by atoms with Gasteiger partial charge < -0.3 is 4.74 Å². The minimum Gasteiger partial charge on any atom is -0.370 e. The van der Waals surface area contributed by atoms with Crippen LogP contribution in [0.2, 0.25) is 0 Å². The van der Waals surface area contributed by atoms with E-state index in [-0.39, 0.29) is 11.9 Å². The zero-order chi connectivity index (χ0) is 11.7. The van der Waals surface area contributed by atoms with E-state index in [9.17, 15) is 4.79 Å². The number of pyridine rings is 1. The number of fused-ring (bicyclic) bond motifs is 1. The molecule has 86 valence electrons. The maximum Gasteiger partial charge on any atom is 0.191 e. The maximum atomic E-state index is 12.1. The Morgan fingerprint density at radius 3 is 3.12 bits per heavy atom. The first-order valence-electron chi connectivity index (χ1n) is 5.85. The molecule has 0 bridgehead atoms. The van der Waals surface area contributed by atoms with Crippen LogP contribution in [0.4, 0.5) is 0 Å². The summed E-state index contributed by atoms with van der Waals surface area (Å²) in [4.78, 5) is 16.4. The molecule has 1 unspecified atom stereocenters. The highest BCUT2D eigenvalue weighted by molar-refractivity contribution is 6.02. The van der Waals surface area contributed by atoms with E-state index >= 15 is 0 Å². The molecule has 1 saturated heterocycles. The predicted octanol–water partition coefficient (Wildman–Crippen LogP) is 2.60. The number of carbonyl (C=O) groups is 1. The molecule has 1 aromatic heterocycles. The Kier molecular flexibility index (Phi) is 2.61. The van der Waals surface area contributed by atoms with E-state index in [0.717, 1.165) is 29.3 Å². The Bertz CT molecular complexity index is 559. The third-order valence-electron chi connectivity index (χ3n) is 3.11. The summed E-state index contributed by atoms with van der Waals surface area (Å²) in [5.74, 6) is 0.0910. The average Bonchev–Trinajstić information content (AvgIpc) is 2.91. The maximum absolute atomic E-state index is 12.1. The van der Waals surface area contributed by atoms with Gasteiger partial charge in [0.05, 0.1) is 5.52 Å². The number of hydrogen-bond donors (Lipinski definition) is 0. The predicted molar refractivity (Wildman–Crippen MR) is 65.0 cm³/mol. The first-order chi connectivity index (χ1) is 8.34. The molecule has 1 aliphatic heterocycles. The lowest BCUT2D eigenvalue weighted by molar-refractivity contribution is 0.0643. The number of ether oxygens (including phenoxy) is 1. The van der Waals surface area contributed by atoms with Crippen molar-refractivity contribution in [1.82, 2.24) is 4.98 Å². The van der Waals surface area contributed by atoms with Gasteiger partial charge in [0.2, 0.25) is 0 Å². The second-order valence-corrected chi connectivity index (χ2v) is 4.28. The van der Waals surface area contributed by atoms with Crippen LogP contribution in [0.25, 0.3) is 10.9 Å². The second-order valence-electron chi connectivity index (χ2n) is 4.28. The minimum atomic E-state index is -0.246. The third-order valence-corrected chi connectivity index (χ3v) is 3.11. The highest BCUT2D eigenvalue weighted by Gasteiger charge is 2.24. The molecule has 1 fully saturated rings. The van der Waals surface area contributed by atoms with Crippen molar-refractivity contribution in [3.05, 3.63) is 42.1 Å². The number of rotatable bonds is 2. The fourth-order valence-corrected chi connectivity index (χ4v) is 2.20. The number of ketones is 1. The van der Waals surface area contributed by atoms with Crippen LogP contribution in [0, 0.1) is 0 Å². The summed E-state index contributed by atoms with van der Waals surface area (Å²) in [5, 5.41) is 0.997. The van der Waals surface area contributed by atoms with Gasteiger partial charge >= 0.3 is 0 Å². The molecule has 0 aliphatic carbocycles. The summed E-state index contributed by atoms with van der Waals surface area (Å²) < 4.78 is 5.42. The van der Waals surface area contributed by atoms with Gasteiger partial charge in [0, 0.05) is 23.8 Å². The van der Waals surface area contributed by atoms with Gasteiger partial charge in [-0.05, 0) is 37.1 Å². The summed E-state index contributed by atoms with van der Waals surface area (Å²) in [6.45, 7) is 0.700. The number of aromatic nitrogens is 1. The van der Waals surface area contributed by atoms with E-state index in [1.807, 2.05) is 30.3 Å². The molecule has 0 radical (unpaired) electrons. The summed E-state index contributed by atoms with van der Waals surface area (Å²) in [6.07, 6.45) is 3.32. The van der Waals surface area contributed by atoms with Crippen molar-refractivity contribution < 1.29 is 9.53 Å². The fraction of sp³-hybridized carbons (Fsp3) is 0.286. The monoisotopic (exact) mass is 227 g/mol. The lowest BCUT2D eigenvalue weighted by atomic mass is 10.0. The number of carbonyl (C=O) groups excluding carboxylic acids is 1. The first kappa shape index (κ1) is 10.4. The van der Waals surface area contributed by atoms with Gasteiger partial charge in [-0.1, -0.05) is 6.07 Å². The number of benzene rings is 1. The quantitative estimate of drug-likeness (QED) is 0.740. The van der Waals surface area contributed by atoms with Crippen molar-refractivity contribution in [3.8, 4) is 0 Å². The molecular formula is C14H13NO2. The molecule has 3 heteroatoms. The molecule has 0 N–H and O–H groups in total. The Balaban J connectivity index is 1.97. The normalized spacial score (nSPS) is 19.6. The van der Waals surface area contributed by atoms with Gasteiger partial charge in [-0.3, -0.25) is 9.78 Å². The lowest BCUT2D eigenvalue weighted by Crippen LogP contribution is -2.19. The van der Waals surface area contributed by atoms with E-state index < -0.39 is 0 Å². The molecule has 3 rings (SSSR count). The van der Waals surface area contributed by atoms with Crippen LogP contribution in [0.1, 0.15) is 23.2 Å². The number of hydrogen-bond acceptors (Lipinski definition) is 3. The van der Waals surface area contributed by atoms with Crippen LogP contribution in [-0.2, 0) is 4.74 Å². The largest absolute Gasteiger partial charge is 0.370 e. The van der Waals surface area contributed by atoms with Crippen molar-refractivity contribution in [2.24, 2.45) is 0 Å². The topological polar surface area (TPSA) is 39.2 Å².